The van der Waals surface area contributed by atoms with E-state index in [-0.39, 0.29) is 5.69 Å². The molecule has 0 atom stereocenters. The van der Waals surface area contributed by atoms with Gasteiger partial charge in [0, 0.05) is 0 Å². The molecule has 0 radical (unpaired) electrons. The summed E-state index contributed by atoms with van der Waals surface area (Å²) >= 11 is 1.52. The standard InChI is InChI=1S/C8H13N3OS/c1-13-8-9-7(12)10-11(8)6-4-2-3-5-6/h6H,2-5H2,1H3,(H,10,12). The van der Waals surface area contributed by atoms with Crippen molar-refractivity contribution in [3.8, 4) is 0 Å². The lowest BCUT2D eigenvalue weighted by atomic mass is 10.3. The van der Waals surface area contributed by atoms with Crippen LogP contribution in [0.4, 0.5) is 0 Å². The highest BCUT2D eigenvalue weighted by molar-refractivity contribution is 7.98. The highest BCUT2D eigenvalue weighted by Gasteiger charge is 2.20. The molecule has 1 aliphatic carbocycles. The third-order valence-electron chi connectivity index (χ3n) is 2.49. The van der Waals surface area contributed by atoms with Crippen molar-refractivity contribution in [2.75, 3.05) is 6.26 Å². The van der Waals surface area contributed by atoms with E-state index in [1.54, 1.807) is 0 Å². The van der Waals surface area contributed by atoms with Gasteiger partial charge in [0.05, 0.1) is 6.04 Å². The fourth-order valence-electron chi connectivity index (χ4n) is 1.87. The minimum absolute atomic E-state index is 0.226. The van der Waals surface area contributed by atoms with Crippen molar-refractivity contribution >= 4 is 11.8 Å². The first-order chi connectivity index (χ1) is 6.31. The van der Waals surface area contributed by atoms with Crippen molar-refractivity contribution in [1.29, 1.82) is 0 Å². The second-order valence-electron chi connectivity index (χ2n) is 3.32. The van der Waals surface area contributed by atoms with Crippen LogP contribution in [0.15, 0.2) is 9.95 Å². The smallest absolute Gasteiger partial charge is 0.258 e. The molecule has 1 aliphatic rings. The van der Waals surface area contributed by atoms with E-state index < -0.39 is 0 Å². The van der Waals surface area contributed by atoms with Gasteiger partial charge in [-0.1, -0.05) is 24.6 Å². The lowest BCUT2D eigenvalue weighted by Gasteiger charge is -2.11. The quantitative estimate of drug-likeness (QED) is 0.733. The summed E-state index contributed by atoms with van der Waals surface area (Å²) in [6, 6.07) is 0.470. The van der Waals surface area contributed by atoms with Gasteiger partial charge in [-0.25, -0.2) is 9.89 Å². The third kappa shape index (κ3) is 1.65. The molecule has 1 saturated carbocycles. The summed E-state index contributed by atoms with van der Waals surface area (Å²) in [5.41, 5.74) is -0.226. The number of nitrogens with one attached hydrogen (secondary N) is 1. The summed E-state index contributed by atoms with van der Waals surface area (Å²) in [5, 5.41) is 3.58. The Morgan fingerprint density at radius 1 is 1.54 bits per heavy atom. The van der Waals surface area contributed by atoms with Gasteiger partial charge >= 0.3 is 5.69 Å². The topological polar surface area (TPSA) is 50.7 Å². The van der Waals surface area contributed by atoms with Crippen LogP contribution in [0.2, 0.25) is 0 Å². The van der Waals surface area contributed by atoms with Crippen molar-refractivity contribution < 1.29 is 0 Å². The van der Waals surface area contributed by atoms with Gasteiger partial charge in [-0.05, 0) is 19.1 Å². The van der Waals surface area contributed by atoms with Crippen molar-refractivity contribution in [3.63, 3.8) is 0 Å². The van der Waals surface area contributed by atoms with Gasteiger partial charge in [0.15, 0.2) is 5.16 Å². The minimum Gasteiger partial charge on any atom is -0.258 e. The van der Waals surface area contributed by atoms with E-state index >= 15 is 0 Å². The largest absolute Gasteiger partial charge is 0.362 e. The number of hydrogen-bond acceptors (Lipinski definition) is 3. The van der Waals surface area contributed by atoms with E-state index in [9.17, 15) is 4.79 Å². The molecule has 1 heterocycles. The van der Waals surface area contributed by atoms with Crippen LogP contribution in [0, 0.1) is 0 Å². The molecular weight excluding hydrogens is 186 g/mol. The van der Waals surface area contributed by atoms with Crippen LogP contribution in [-0.4, -0.2) is 21.0 Å². The zero-order valence-electron chi connectivity index (χ0n) is 7.62. The van der Waals surface area contributed by atoms with Gasteiger partial charge in [0.1, 0.15) is 0 Å². The molecule has 0 amide bonds. The highest BCUT2D eigenvalue weighted by atomic mass is 32.2. The van der Waals surface area contributed by atoms with E-state index in [4.69, 9.17) is 0 Å². The van der Waals surface area contributed by atoms with E-state index in [1.165, 1.54) is 37.4 Å². The molecule has 1 aromatic heterocycles. The van der Waals surface area contributed by atoms with Crippen LogP contribution in [0.1, 0.15) is 31.7 Å². The van der Waals surface area contributed by atoms with E-state index in [0.717, 1.165) is 5.16 Å². The Kier molecular flexibility index (Phi) is 2.44. The second kappa shape index (κ2) is 3.57. The van der Waals surface area contributed by atoms with Crippen LogP contribution in [0.5, 0.6) is 0 Å². The monoisotopic (exact) mass is 199 g/mol. The average Bonchev–Trinajstić information content (AvgIpc) is 2.71. The maximum atomic E-state index is 11.0. The van der Waals surface area contributed by atoms with Crippen molar-refractivity contribution in [2.45, 2.75) is 36.9 Å². The maximum Gasteiger partial charge on any atom is 0.362 e. The molecule has 4 nitrogen and oxygen atoms in total. The van der Waals surface area contributed by atoms with Crippen LogP contribution in [0.25, 0.3) is 0 Å². The molecule has 1 N–H and O–H groups in total. The Balaban J connectivity index is 2.31. The number of thioether (sulfide) groups is 1. The molecule has 0 saturated heterocycles. The summed E-state index contributed by atoms with van der Waals surface area (Å²) in [6.07, 6.45) is 6.80. The predicted molar refractivity (Wildman–Crippen MR) is 52.1 cm³/mol. The van der Waals surface area contributed by atoms with Crippen molar-refractivity contribution in [3.05, 3.63) is 10.5 Å². The molecular formula is C8H13N3OS. The summed E-state index contributed by atoms with van der Waals surface area (Å²) in [4.78, 5) is 14.9. The molecule has 0 unspecified atom stereocenters. The summed E-state index contributed by atoms with van der Waals surface area (Å²) < 4.78 is 1.93. The van der Waals surface area contributed by atoms with Crippen LogP contribution in [0.3, 0.4) is 0 Å². The fraction of sp³-hybridized carbons (Fsp3) is 0.750. The summed E-state index contributed by atoms with van der Waals surface area (Å²) in [6.45, 7) is 0. The summed E-state index contributed by atoms with van der Waals surface area (Å²) in [5.74, 6) is 0. The number of nitrogens with zero attached hydrogens (tertiary/aromatic N) is 2. The van der Waals surface area contributed by atoms with Crippen LogP contribution >= 0.6 is 11.8 Å². The van der Waals surface area contributed by atoms with E-state index in [1.807, 2.05) is 10.9 Å². The Hall–Kier alpha value is -0.710. The Labute approximate surface area is 80.7 Å². The SMILES string of the molecule is CSc1nc(=O)[nH]n1C1CCCC1. The van der Waals surface area contributed by atoms with E-state index in [0.29, 0.717) is 6.04 Å². The molecule has 2 rings (SSSR count). The molecule has 5 heteroatoms. The fourth-order valence-corrected chi connectivity index (χ4v) is 2.44. The zero-order chi connectivity index (χ0) is 9.26. The highest BCUT2D eigenvalue weighted by Crippen LogP contribution is 2.30. The lowest BCUT2D eigenvalue weighted by molar-refractivity contribution is 0.429. The van der Waals surface area contributed by atoms with Crippen molar-refractivity contribution in [2.24, 2.45) is 0 Å². The Bertz CT molecular complexity index is 337. The molecule has 1 aromatic rings. The Morgan fingerprint density at radius 2 is 2.23 bits per heavy atom. The molecule has 0 bridgehead atoms. The van der Waals surface area contributed by atoms with Crippen LogP contribution in [-0.2, 0) is 0 Å². The predicted octanol–water partition coefficient (Wildman–Crippen LogP) is 1.41. The van der Waals surface area contributed by atoms with E-state index in [2.05, 4.69) is 10.1 Å². The molecule has 0 aliphatic heterocycles. The van der Waals surface area contributed by atoms with Crippen LogP contribution < -0.4 is 5.69 Å². The molecule has 0 spiro atoms. The van der Waals surface area contributed by atoms with Gasteiger partial charge in [0.2, 0.25) is 0 Å². The average molecular weight is 199 g/mol. The number of aromatic nitrogens is 3. The number of rotatable bonds is 2. The zero-order valence-corrected chi connectivity index (χ0v) is 8.43. The number of hydrogen-bond donors (Lipinski definition) is 1. The van der Waals surface area contributed by atoms with Crippen molar-refractivity contribution in [1.82, 2.24) is 14.8 Å². The summed E-state index contributed by atoms with van der Waals surface area (Å²) in [7, 11) is 0. The molecule has 1 fully saturated rings. The van der Waals surface area contributed by atoms with Gasteiger partial charge in [0.25, 0.3) is 0 Å². The molecule has 0 aromatic carbocycles. The first-order valence-corrected chi connectivity index (χ1v) is 5.76. The lowest BCUT2D eigenvalue weighted by Crippen LogP contribution is -2.11. The first-order valence-electron chi connectivity index (χ1n) is 4.54. The minimum atomic E-state index is -0.226. The second-order valence-corrected chi connectivity index (χ2v) is 4.10. The number of aromatic amines is 1. The third-order valence-corrected chi connectivity index (χ3v) is 3.14. The first kappa shape index (κ1) is 8.87. The molecule has 13 heavy (non-hydrogen) atoms. The van der Waals surface area contributed by atoms with Gasteiger partial charge < -0.3 is 0 Å². The number of H-pyrrole nitrogens is 1. The molecule has 72 valence electrons. The normalized spacial score (nSPS) is 18.2. The van der Waals surface area contributed by atoms with Gasteiger partial charge in [-0.15, -0.1) is 0 Å². The van der Waals surface area contributed by atoms with Gasteiger partial charge in [-0.2, -0.15) is 4.98 Å². The van der Waals surface area contributed by atoms with Gasteiger partial charge in [-0.3, -0.25) is 4.68 Å². The maximum absolute atomic E-state index is 11.0. The Morgan fingerprint density at radius 3 is 2.85 bits per heavy atom.